The molecule has 0 bridgehead atoms. The van der Waals surface area contributed by atoms with Crippen LogP contribution in [0.4, 0.5) is 0 Å². The number of hydrogen-bond acceptors (Lipinski definition) is 5. The van der Waals surface area contributed by atoms with Gasteiger partial charge < -0.3 is 14.4 Å². The van der Waals surface area contributed by atoms with Crippen molar-refractivity contribution in [2.45, 2.75) is 232 Å². The number of unbranched alkanes of at least 4 members (excludes halogenated alkanes) is 20. The molecule has 1 unspecified atom stereocenters. The number of carbonyl (C=O) groups is 2. The van der Waals surface area contributed by atoms with Crippen molar-refractivity contribution in [3.8, 4) is 0 Å². The second kappa shape index (κ2) is 41.3. The fourth-order valence-electron chi connectivity index (χ4n) is 6.80. The lowest BCUT2D eigenvalue weighted by atomic mass is 10.0. The molecule has 0 N–H and O–H groups in total. The van der Waals surface area contributed by atoms with Crippen molar-refractivity contribution in [2.75, 3.05) is 27.2 Å². The van der Waals surface area contributed by atoms with Crippen LogP contribution in [-0.2, 0) is 19.1 Å². The summed E-state index contributed by atoms with van der Waals surface area (Å²) in [4.78, 5) is 27.2. The zero-order chi connectivity index (χ0) is 38.9. The molecule has 0 aromatic rings. The first-order valence-corrected chi connectivity index (χ1v) is 22.9. The van der Waals surface area contributed by atoms with Gasteiger partial charge in [0.05, 0.1) is 6.61 Å². The van der Waals surface area contributed by atoms with E-state index in [4.69, 9.17) is 9.47 Å². The summed E-state index contributed by atoms with van der Waals surface area (Å²) in [6.07, 6.45) is 48.2. The lowest BCUT2D eigenvalue weighted by molar-refractivity contribution is -0.150. The van der Waals surface area contributed by atoms with Gasteiger partial charge in [0.25, 0.3) is 0 Å². The largest absolute Gasteiger partial charge is 0.463 e. The normalized spacial score (nSPS) is 12.8. The summed E-state index contributed by atoms with van der Waals surface area (Å²) in [5, 5.41) is 0. The molecule has 0 aliphatic heterocycles. The monoisotopic (exact) mass is 744 g/mol. The lowest BCUT2D eigenvalue weighted by Gasteiger charge is -2.18. The molecule has 0 aliphatic rings. The first kappa shape index (κ1) is 51.1. The third kappa shape index (κ3) is 39.6. The minimum absolute atomic E-state index is 0.0206. The van der Waals surface area contributed by atoms with Gasteiger partial charge in [0.2, 0.25) is 0 Å². The van der Waals surface area contributed by atoms with Gasteiger partial charge in [0.15, 0.2) is 0 Å². The molecule has 1 atom stereocenters. The van der Waals surface area contributed by atoms with Crippen LogP contribution in [0, 0.1) is 0 Å². The Balaban J connectivity index is 4.22. The van der Waals surface area contributed by atoms with Gasteiger partial charge in [0.1, 0.15) is 6.10 Å². The van der Waals surface area contributed by atoms with Crippen molar-refractivity contribution in [1.82, 2.24) is 4.90 Å². The molecule has 310 valence electrons. The Morgan fingerprint density at radius 1 is 0.528 bits per heavy atom. The standard InChI is InChI=1S/C48H89NO4/c1-6-9-12-14-15-16-17-18-19-20-21-22-23-25-28-33-39-46(53-47(50)41-36-42-49(4)5)40-34-29-26-24-27-30-35-43-52-48(51)44-45(37-31-11-8-3)38-32-13-10-7-2/h15-16,18-19,44,46H,6-14,17,20-43H2,1-5H3/b16-15-,19-18-,45-44-. The van der Waals surface area contributed by atoms with Crippen LogP contribution in [0.1, 0.15) is 226 Å². The van der Waals surface area contributed by atoms with Gasteiger partial charge in [-0.15, -0.1) is 0 Å². The molecule has 0 aromatic carbocycles. The molecule has 0 spiro atoms. The smallest absolute Gasteiger partial charge is 0.330 e. The summed E-state index contributed by atoms with van der Waals surface area (Å²) in [5.41, 5.74) is 1.28. The minimum atomic E-state index is -0.143. The average Bonchev–Trinajstić information content (AvgIpc) is 3.13. The molecule has 0 saturated carbocycles. The second-order valence-corrected chi connectivity index (χ2v) is 15.9. The highest BCUT2D eigenvalue weighted by Gasteiger charge is 2.14. The highest BCUT2D eigenvalue weighted by Crippen LogP contribution is 2.19. The Morgan fingerprint density at radius 3 is 1.58 bits per heavy atom. The van der Waals surface area contributed by atoms with E-state index in [1.165, 1.54) is 140 Å². The number of carbonyl (C=O) groups excluding carboxylic acids is 2. The summed E-state index contributed by atoms with van der Waals surface area (Å²) < 4.78 is 11.6. The predicted octanol–water partition coefficient (Wildman–Crippen LogP) is 14.6. The molecule has 0 saturated heterocycles. The van der Waals surface area contributed by atoms with Crippen LogP contribution in [0.25, 0.3) is 0 Å². The topological polar surface area (TPSA) is 55.8 Å². The lowest BCUT2D eigenvalue weighted by Crippen LogP contribution is -2.20. The third-order valence-corrected chi connectivity index (χ3v) is 10.2. The van der Waals surface area contributed by atoms with Crippen LogP contribution in [0.3, 0.4) is 0 Å². The van der Waals surface area contributed by atoms with Crippen molar-refractivity contribution in [3.63, 3.8) is 0 Å². The number of ether oxygens (including phenoxy) is 2. The fraction of sp³-hybridized carbons (Fsp3) is 0.833. The van der Waals surface area contributed by atoms with Crippen LogP contribution >= 0.6 is 0 Å². The van der Waals surface area contributed by atoms with Gasteiger partial charge in [-0.05, 0) is 117 Å². The highest BCUT2D eigenvalue weighted by atomic mass is 16.5. The van der Waals surface area contributed by atoms with Gasteiger partial charge in [-0.1, -0.05) is 153 Å². The number of allylic oxidation sites excluding steroid dienone is 5. The Bertz CT molecular complexity index is 892. The van der Waals surface area contributed by atoms with E-state index in [-0.39, 0.29) is 18.0 Å². The van der Waals surface area contributed by atoms with E-state index in [0.717, 1.165) is 70.8 Å². The number of nitrogens with zero attached hydrogens (tertiary/aromatic N) is 1. The maximum absolute atomic E-state index is 12.6. The summed E-state index contributed by atoms with van der Waals surface area (Å²) in [6, 6.07) is 0. The summed E-state index contributed by atoms with van der Waals surface area (Å²) >= 11 is 0. The van der Waals surface area contributed by atoms with E-state index in [1.807, 2.05) is 0 Å². The van der Waals surface area contributed by atoms with Gasteiger partial charge >= 0.3 is 11.9 Å². The minimum Gasteiger partial charge on any atom is -0.463 e. The van der Waals surface area contributed by atoms with Crippen LogP contribution in [0.2, 0.25) is 0 Å². The Hall–Kier alpha value is -1.88. The molecule has 0 aromatic heterocycles. The molecule has 0 rings (SSSR count). The molecular formula is C48H89NO4. The van der Waals surface area contributed by atoms with Crippen molar-refractivity contribution >= 4 is 11.9 Å². The van der Waals surface area contributed by atoms with E-state index in [0.29, 0.717) is 13.0 Å². The average molecular weight is 744 g/mol. The van der Waals surface area contributed by atoms with Crippen molar-refractivity contribution in [2.24, 2.45) is 0 Å². The summed E-state index contributed by atoms with van der Waals surface area (Å²) in [7, 11) is 4.10. The van der Waals surface area contributed by atoms with Gasteiger partial charge in [-0.2, -0.15) is 0 Å². The third-order valence-electron chi connectivity index (χ3n) is 10.2. The number of hydrogen-bond donors (Lipinski definition) is 0. The molecule has 0 amide bonds. The Morgan fingerprint density at radius 2 is 1.00 bits per heavy atom. The van der Waals surface area contributed by atoms with E-state index < -0.39 is 0 Å². The number of esters is 2. The van der Waals surface area contributed by atoms with Crippen molar-refractivity contribution < 1.29 is 19.1 Å². The highest BCUT2D eigenvalue weighted by molar-refractivity contribution is 5.82. The molecule has 0 radical (unpaired) electrons. The van der Waals surface area contributed by atoms with E-state index in [2.05, 4.69) is 64.1 Å². The first-order chi connectivity index (χ1) is 25.9. The summed E-state index contributed by atoms with van der Waals surface area (Å²) in [5.74, 6) is -0.164. The second-order valence-electron chi connectivity index (χ2n) is 15.9. The van der Waals surface area contributed by atoms with Crippen LogP contribution in [0.15, 0.2) is 36.0 Å². The van der Waals surface area contributed by atoms with Gasteiger partial charge in [0, 0.05) is 12.5 Å². The molecule has 0 heterocycles. The maximum atomic E-state index is 12.6. The first-order valence-electron chi connectivity index (χ1n) is 22.9. The molecule has 5 heteroatoms. The van der Waals surface area contributed by atoms with Crippen LogP contribution in [-0.4, -0.2) is 50.2 Å². The van der Waals surface area contributed by atoms with Crippen LogP contribution < -0.4 is 0 Å². The SMILES string of the molecule is CCCCC/C=C\C/C=C\CCCCCCCCC(CCCCCCCCCOC(=O)/C=C(/CCCCC)CCCCCC)OC(=O)CCCN(C)C. The number of rotatable bonds is 40. The molecular weight excluding hydrogens is 655 g/mol. The Labute approximate surface area is 330 Å². The van der Waals surface area contributed by atoms with E-state index in [9.17, 15) is 9.59 Å². The molecule has 0 aliphatic carbocycles. The Kier molecular flexibility index (Phi) is 39.8. The predicted molar refractivity (Wildman–Crippen MR) is 231 cm³/mol. The molecule has 0 fully saturated rings. The summed E-state index contributed by atoms with van der Waals surface area (Å²) in [6.45, 7) is 8.17. The van der Waals surface area contributed by atoms with Gasteiger partial charge in [-0.25, -0.2) is 4.79 Å². The zero-order valence-corrected chi connectivity index (χ0v) is 36.1. The fourth-order valence-corrected chi connectivity index (χ4v) is 6.80. The van der Waals surface area contributed by atoms with Crippen molar-refractivity contribution in [3.05, 3.63) is 36.0 Å². The zero-order valence-electron chi connectivity index (χ0n) is 36.1. The quantitative estimate of drug-likeness (QED) is 0.0271. The maximum Gasteiger partial charge on any atom is 0.330 e. The van der Waals surface area contributed by atoms with E-state index in [1.54, 1.807) is 6.08 Å². The molecule has 53 heavy (non-hydrogen) atoms. The van der Waals surface area contributed by atoms with Gasteiger partial charge in [-0.3, -0.25) is 4.79 Å². The van der Waals surface area contributed by atoms with E-state index >= 15 is 0 Å². The van der Waals surface area contributed by atoms with Crippen LogP contribution in [0.5, 0.6) is 0 Å². The van der Waals surface area contributed by atoms with Crippen molar-refractivity contribution in [1.29, 1.82) is 0 Å². The molecule has 5 nitrogen and oxygen atoms in total.